The molecule has 0 fully saturated rings. The molecule has 1 aliphatic rings. The Hall–Kier alpha value is -2.31. The lowest BCUT2D eigenvalue weighted by molar-refractivity contribution is 0.708. The van der Waals surface area contributed by atoms with E-state index in [1.807, 2.05) is 29.8 Å². The first-order chi connectivity index (χ1) is 12.3. The number of aromatic nitrogens is 3. The molecule has 128 valence electrons. The molecule has 2 N–H and O–H groups in total. The van der Waals surface area contributed by atoms with E-state index in [-0.39, 0.29) is 6.04 Å². The Morgan fingerprint density at radius 3 is 2.76 bits per heavy atom. The highest BCUT2D eigenvalue weighted by atomic mass is 32.1. The number of hydrogen-bond acceptors (Lipinski definition) is 6. The first-order valence-corrected chi connectivity index (χ1v) is 9.51. The highest BCUT2D eigenvalue weighted by Gasteiger charge is 2.19. The Balaban J connectivity index is 1.75. The Kier molecular flexibility index (Phi) is 4.72. The minimum Gasteiger partial charge on any atom is -0.361 e. The van der Waals surface area contributed by atoms with E-state index in [0.717, 1.165) is 53.8 Å². The van der Waals surface area contributed by atoms with Gasteiger partial charge in [0, 0.05) is 35.7 Å². The number of hydrogen-bond donors (Lipinski definition) is 2. The van der Waals surface area contributed by atoms with E-state index in [1.54, 1.807) is 11.3 Å². The smallest absolute Gasteiger partial charge is 0.161 e. The number of anilines is 1. The molecule has 0 amide bonds. The van der Waals surface area contributed by atoms with Crippen LogP contribution in [0, 0.1) is 0 Å². The molecule has 0 unspecified atom stereocenters. The van der Waals surface area contributed by atoms with Gasteiger partial charge in [0.2, 0.25) is 0 Å². The van der Waals surface area contributed by atoms with Crippen LogP contribution < -0.4 is 10.6 Å². The molecule has 6 heteroatoms. The number of benzene rings is 1. The van der Waals surface area contributed by atoms with Crippen LogP contribution in [0.4, 0.5) is 5.82 Å². The molecular formula is C19H21N5S. The van der Waals surface area contributed by atoms with Crippen LogP contribution in [0.5, 0.6) is 0 Å². The van der Waals surface area contributed by atoms with Crippen molar-refractivity contribution in [3.63, 3.8) is 0 Å². The normalized spacial score (nSPS) is 15.2. The molecule has 0 aliphatic carbocycles. The zero-order valence-electron chi connectivity index (χ0n) is 14.2. The van der Waals surface area contributed by atoms with Gasteiger partial charge in [0.25, 0.3) is 0 Å². The molecule has 0 saturated heterocycles. The largest absolute Gasteiger partial charge is 0.361 e. The van der Waals surface area contributed by atoms with Gasteiger partial charge in [-0.15, -0.1) is 11.3 Å². The predicted molar refractivity (Wildman–Crippen MR) is 102 cm³/mol. The van der Waals surface area contributed by atoms with Gasteiger partial charge >= 0.3 is 0 Å². The van der Waals surface area contributed by atoms with Crippen LogP contribution in [-0.2, 0) is 12.8 Å². The van der Waals surface area contributed by atoms with Crippen LogP contribution in [0.1, 0.15) is 29.2 Å². The number of nitrogens with one attached hydrogen (secondary N) is 2. The molecule has 1 aromatic carbocycles. The minimum atomic E-state index is 0.124. The number of rotatable bonds is 4. The summed E-state index contributed by atoms with van der Waals surface area (Å²) in [5.41, 5.74) is 3.42. The van der Waals surface area contributed by atoms with Gasteiger partial charge in [0.05, 0.1) is 11.7 Å². The molecule has 4 rings (SSSR count). The summed E-state index contributed by atoms with van der Waals surface area (Å²) in [6, 6.07) is 10.3. The van der Waals surface area contributed by atoms with E-state index < -0.39 is 0 Å². The maximum atomic E-state index is 4.87. The lowest BCUT2D eigenvalue weighted by Gasteiger charge is -2.18. The van der Waals surface area contributed by atoms with Gasteiger partial charge in [0.1, 0.15) is 10.8 Å². The lowest BCUT2D eigenvalue weighted by atomic mass is 10.1. The highest BCUT2D eigenvalue weighted by molar-refractivity contribution is 7.09. The van der Waals surface area contributed by atoms with Crippen molar-refractivity contribution in [3.8, 4) is 11.4 Å². The van der Waals surface area contributed by atoms with Gasteiger partial charge in [-0.2, -0.15) is 0 Å². The van der Waals surface area contributed by atoms with Gasteiger partial charge in [-0.05, 0) is 19.9 Å². The van der Waals surface area contributed by atoms with Crippen LogP contribution in [0.15, 0.2) is 41.9 Å². The fourth-order valence-corrected chi connectivity index (χ4v) is 3.74. The van der Waals surface area contributed by atoms with Crippen molar-refractivity contribution >= 4 is 17.2 Å². The number of nitrogens with zero attached hydrogens (tertiary/aromatic N) is 3. The highest BCUT2D eigenvalue weighted by Crippen LogP contribution is 2.28. The van der Waals surface area contributed by atoms with Gasteiger partial charge in [0.15, 0.2) is 5.82 Å². The van der Waals surface area contributed by atoms with Crippen molar-refractivity contribution in [2.24, 2.45) is 0 Å². The molecular weight excluding hydrogens is 330 g/mol. The minimum absolute atomic E-state index is 0.124. The van der Waals surface area contributed by atoms with Crippen molar-refractivity contribution in [1.82, 2.24) is 20.3 Å². The van der Waals surface area contributed by atoms with Gasteiger partial charge < -0.3 is 10.6 Å². The zero-order chi connectivity index (χ0) is 17.1. The lowest BCUT2D eigenvalue weighted by Crippen LogP contribution is -2.16. The fraction of sp³-hybridized carbons (Fsp3) is 0.316. The SMILES string of the molecule is C[C@@H](Nc1nc(-c2ccccc2)nc2c1CCNCC2)c1nccs1. The first kappa shape index (κ1) is 16.2. The average molecular weight is 351 g/mol. The monoisotopic (exact) mass is 351 g/mol. The Labute approximate surface area is 151 Å². The predicted octanol–water partition coefficient (Wildman–Crippen LogP) is 3.46. The van der Waals surface area contributed by atoms with E-state index >= 15 is 0 Å². The summed E-state index contributed by atoms with van der Waals surface area (Å²) in [6.45, 7) is 4.05. The van der Waals surface area contributed by atoms with Gasteiger partial charge in [-0.3, -0.25) is 0 Å². The van der Waals surface area contributed by atoms with Crippen LogP contribution in [0.3, 0.4) is 0 Å². The molecule has 1 atom stereocenters. The molecule has 1 aliphatic heterocycles. The summed E-state index contributed by atoms with van der Waals surface area (Å²) in [5, 5.41) is 10.1. The summed E-state index contributed by atoms with van der Waals surface area (Å²) in [4.78, 5) is 14.2. The van der Waals surface area contributed by atoms with E-state index in [4.69, 9.17) is 9.97 Å². The van der Waals surface area contributed by atoms with E-state index in [9.17, 15) is 0 Å². The van der Waals surface area contributed by atoms with E-state index in [0.29, 0.717) is 0 Å². The molecule has 5 nitrogen and oxygen atoms in total. The quantitative estimate of drug-likeness (QED) is 0.754. The second-order valence-corrected chi connectivity index (χ2v) is 7.10. The second kappa shape index (κ2) is 7.29. The van der Waals surface area contributed by atoms with Crippen molar-refractivity contribution in [3.05, 3.63) is 58.2 Å². The topological polar surface area (TPSA) is 62.7 Å². The molecule has 0 spiro atoms. The van der Waals surface area contributed by atoms with Crippen molar-refractivity contribution in [2.75, 3.05) is 18.4 Å². The van der Waals surface area contributed by atoms with Crippen molar-refractivity contribution in [1.29, 1.82) is 0 Å². The van der Waals surface area contributed by atoms with Gasteiger partial charge in [-0.25, -0.2) is 15.0 Å². The third kappa shape index (κ3) is 3.55. The Morgan fingerprint density at radius 1 is 1.12 bits per heavy atom. The van der Waals surface area contributed by atoms with Crippen LogP contribution in [0.25, 0.3) is 11.4 Å². The Morgan fingerprint density at radius 2 is 1.96 bits per heavy atom. The van der Waals surface area contributed by atoms with Crippen LogP contribution >= 0.6 is 11.3 Å². The molecule has 3 heterocycles. The third-order valence-electron chi connectivity index (χ3n) is 4.39. The molecule has 0 radical (unpaired) electrons. The summed E-state index contributed by atoms with van der Waals surface area (Å²) < 4.78 is 0. The first-order valence-electron chi connectivity index (χ1n) is 8.63. The van der Waals surface area contributed by atoms with Crippen LogP contribution in [-0.4, -0.2) is 28.0 Å². The van der Waals surface area contributed by atoms with Crippen molar-refractivity contribution < 1.29 is 0 Å². The third-order valence-corrected chi connectivity index (χ3v) is 5.35. The molecule has 25 heavy (non-hydrogen) atoms. The van der Waals surface area contributed by atoms with Gasteiger partial charge in [-0.1, -0.05) is 30.3 Å². The second-order valence-electron chi connectivity index (χ2n) is 6.17. The fourth-order valence-electron chi connectivity index (χ4n) is 3.10. The zero-order valence-corrected chi connectivity index (χ0v) is 15.0. The van der Waals surface area contributed by atoms with Crippen LogP contribution in [0.2, 0.25) is 0 Å². The average Bonchev–Trinajstić information content (AvgIpc) is 3.08. The standard InChI is InChI=1S/C19H21N5S/c1-13(19-21-11-12-25-19)22-18-15-7-9-20-10-8-16(15)23-17(24-18)14-5-3-2-4-6-14/h2-6,11-13,20H,7-10H2,1H3,(H,22,23,24)/t13-/m1/s1. The summed E-state index contributed by atoms with van der Waals surface area (Å²) in [7, 11) is 0. The summed E-state index contributed by atoms with van der Waals surface area (Å²) in [6.07, 6.45) is 3.72. The molecule has 0 saturated carbocycles. The summed E-state index contributed by atoms with van der Waals surface area (Å²) >= 11 is 1.66. The molecule has 0 bridgehead atoms. The van der Waals surface area contributed by atoms with E-state index in [2.05, 4.69) is 34.7 Å². The molecule has 3 aromatic rings. The molecule has 2 aromatic heterocycles. The summed E-state index contributed by atoms with van der Waals surface area (Å²) in [5.74, 6) is 1.73. The van der Waals surface area contributed by atoms with Crippen molar-refractivity contribution in [2.45, 2.75) is 25.8 Å². The maximum absolute atomic E-state index is 4.87. The number of fused-ring (bicyclic) bond motifs is 1. The van der Waals surface area contributed by atoms with E-state index in [1.165, 1.54) is 5.56 Å². The Bertz CT molecular complexity index is 833. The maximum Gasteiger partial charge on any atom is 0.161 e. The number of thiazole rings is 1.